The predicted octanol–water partition coefficient (Wildman–Crippen LogP) is 4.42. The Kier molecular flexibility index (Phi) is 6.58. The minimum Gasteiger partial charge on any atom is -0.497 e. The van der Waals surface area contributed by atoms with Crippen molar-refractivity contribution in [2.24, 2.45) is 0 Å². The van der Waals surface area contributed by atoms with Gasteiger partial charge in [0.2, 0.25) is 0 Å². The summed E-state index contributed by atoms with van der Waals surface area (Å²) >= 11 is 0. The molecule has 1 N–H and O–H groups in total. The van der Waals surface area contributed by atoms with E-state index in [-0.39, 0.29) is 11.1 Å². The van der Waals surface area contributed by atoms with Gasteiger partial charge in [-0.15, -0.1) is 0 Å². The number of carbonyl (C=O) groups is 1. The van der Waals surface area contributed by atoms with Crippen molar-refractivity contribution in [3.05, 3.63) is 90.5 Å². The molecule has 4 rings (SSSR count). The van der Waals surface area contributed by atoms with Crippen LogP contribution in [0.25, 0.3) is 0 Å². The third-order valence-electron chi connectivity index (χ3n) is 6.24. The topological polar surface area (TPSA) is 56.8 Å². The number of rotatable bonds is 7. The van der Waals surface area contributed by atoms with Gasteiger partial charge in [0.05, 0.1) is 19.8 Å². The van der Waals surface area contributed by atoms with E-state index in [0.29, 0.717) is 6.61 Å². The molecule has 6 heteroatoms. The molecule has 3 aromatic rings. The Bertz CT molecular complexity index is 1030. The monoisotopic (exact) mass is 461 g/mol. The summed E-state index contributed by atoms with van der Waals surface area (Å²) in [5.41, 5.74) is 0.908. The van der Waals surface area contributed by atoms with Gasteiger partial charge in [-0.2, -0.15) is 0 Å². The molecule has 1 amide bonds. The third-order valence-corrected chi connectivity index (χ3v) is 11.2. The Morgan fingerprint density at radius 1 is 0.879 bits per heavy atom. The van der Waals surface area contributed by atoms with Crippen LogP contribution < -0.4 is 20.4 Å². The summed E-state index contributed by atoms with van der Waals surface area (Å²) in [5.74, 6) is 0.760. The van der Waals surface area contributed by atoms with Gasteiger partial charge in [0, 0.05) is 0 Å². The van der Waals surface area contributed by atoms with Crippen LogP contribution in [0, 0.1) is 0 Å². The van der Waals surface area contributed by atoms with E-state index in [0.717, 1.165) is 11.3 Å². The molecule has 1 heterocycles. The fourth-order valence-electron chi connectivity index (χ4n) is 4.66. The second-order valence-electron chi connectivity index (χ2n) is 9.32. The highest BCUT2D eigenvalue weighted by Crippen LogP contribution is 2.38. The van der Waals surface area contributed by atoms with Crippen molar-refractivity contribution in [1.82, 2.24) is 5.32 Å². The fourth-order valence-corrected chi connectivity index (χ4v) is 9.24. The minimum atomic E-state index is -2.71. The van der Waals surface area contributed by atoms with E-state index in [1.807, 2.05) is 36.4 Å². The van der Waals surface area contributed by atoms with Crippen LogP contribution in [0.5, 0.6) is 5.75 Å². The van der Waals surface area contributed by atoms with Crippen LogP contribution in [0.2, 0.25) is 5.04 Å². The molecular weight excluding hydrogens is 430 g/mol. The number of methoxy groups -OCH3 is 1. The van der Waals surface area contributed by atoms with Crippen molar-refractivity contribution in [3.63, 3.8) is 0 Å². The number of ether oxygens (including phenoxy) is 2. The van der Waals surface area contributed by atoms with Crippen LogP contribution in [0.3, 0.4) is 0 Å². The molecule has 0 unspecified atom stereocenters. The number of hydrogen-bond acceptors (Lipinski definition) is 4. The first-order chi connectivity index (χ1) is 15.8. The predicted molar refractivity (Wildman–Crippen MR) is 133 cm³/mol. The lowest BCUT2D eigenvalue weighted by molar-refractivity contribution is 0.121. The van der Waals surface area contributed by atoms with E-state index in [9.17, 15) is 4.79 Å². The van der Waals surface area contributed by atoms with Gasteiger partial charge < -0.3 is 19.2 Å². The normalized spacial score (nSPS) is 18.5. The molecule has 0 radical (unpaired) electrons. The van der Waals surface area contributed by atoms with E-state index in [2.05, 4.69) is 74.6 Å². The van der Waals surface area contributed by atoms with Crippen LogP contribution in [-0.4, -0.2) is 34.2 Å². The average Bonchev–Trinajstić information content (AvgIpc) is 3.20. The zero-order valence-corrected chi connectivity index (χ0v) is 20.6. The highest BCUT2D eigenvalue weighted by atomic mass is 28.4. The zero-order chi connectivity index (χ0) is 23.5. The molecule has 2 atom stereocenters. The Balaban J connectivity index is 1.70. The lowest BCUT2D eigenvalue weighted by Gasteiger charge is -2.43. The smallest absolute Gasteiger partial charge is 0.408 e. The van der Waals surface area contributed by atoms with Gasteiger partial charge >= 0.3 is 6.09 Å². The molecule has 5 nitrogen and oxygen atoms in total. The molecule has 33 heavy (non-hydrogen) atoms. The van der Waals surface area contributed by atoms with Crippen LogP contribution in [0.1, 0.15) is 32.4 Å². The lowest BCUT2D eigenvalue weighted by Crippen LogP contribution is -2.67. The number of benzene rings is 3. The van der Waals surface area contributed by atoms with E-state index in [1.54, 1.807) is 7.11 Å². The Hall–Kier alpha value is -3.09. The van der Waals surface area contributed by atoms with Gasteiger partial charge in [-0.05, 0) is 33.1 Å². The second kappa shape index (κ2) is 9.41. The summed E-state index contributed by atoms with van der Waals surface area (Å²) in [7, 11) is -1.08. The Morgan fingerprint density at radius 3 is 1.91 bits per heavy atom. The summed E-state index contributed by atoms with van der Waals surface area (Å²) in [4.78, 5) is 12.2. The maximum Gasteiger partial charge on any atom is 0.408 e. The number of amides is 1. The van der Waals surface area contributed by atoms with Crippen molar-refractivity contribution in [3.8, 4) is 5.75 Å². The molecule has 1 saturated heterocycles. The Morgan fingerprint density at radius 2 is 1.42 bits per heavy atom. The second-order valence-corrected chi connectivity index (χ2v) is 13.6. The van der Waals surface area contributed by atoms with Crippen molar-refractivity contribution >= 4 is 24.8 Å². The SMILES string of the molecule is COc1ccc([C@@H]2OC(=O)N[C@H]2CO[Si](c2ccccc2)(c2ccccc2)C(C)(C)C)cc1. The van der Waals surface area contributed by atoms with Crippen molar-refractivity contribution in [1.29, 1.82) is 0 Å². The molecule has 0 aromatic heterocycles. The van der Waals surface area contributed by atoms with Crippen LogP contribution in [-0.2, 0) is 9.16 Å². The molecule has 1 aliphatic heterocycles. The van der Waals surface area contributed by atoms with E-state index in [1.165, 1.54) is 10.4 Å². The molecule has 172 valence electrons. The van der Waals surface area contributed by atoms with Crippen LogP contribution in [0.4, 0.5) is 4.79 Å². The molecule has 3 aromatic carbocycles. The van der Waals surface area contributed by atoms with Crippen molar-refractivity contribution in [2.75, 3.05) is 13.7 Å². The van der Waals surface area contributed by atoms with Gasteiger partial charge in [-0.3, -0.25) is 0 Å². The molecular formula is C27H31NO4Si. The Labute approximate surface area is 196 Å². The molecule has 0 aliphatic carbocycles. The molecule has 0 spiro atoms. The quantitative estimate of drug-likeness (QED) is 0.529. The first kappa shape index (κ1) is 23.1. The fraction of sp³-hybridized carbons (Fsp3) is 0.296. The van der Waals surface area contributed by atoms with E-state index < -0.39 is 20.5 Å². The van der Waals surface area contributed by atoms with Crippen molar-refractivity contribution in [2.45, 2.75) is 38.0 Å². The van der Waals surface area contributed by atoms with Gasteiger partial charge in [0.25, 0.3) is 8.32 Å². The summed E-state index contributed by atoms with van der Waals surface area (Å²) in [5, 5.41) is 5.23. The van der Waals surface area contributed by atoms with Gasteiger partial charge in [-0.25, -0.2) is 4.79 Å². The van der Waals surface area contributed by atoms with Crippen LogP contribution in [0.15, 0.2) is 84.9 Å². The molecule has 1 aliphatic rings. The first-order valence-corrected chi connectivity index (χ1v) is 13.1. The number of cyclic esters (lactones) is 1. The highest BCUT2D eigenvalue weighted by Gasteiger charge is 2.51. The first-order valence-electron chi connectivity index (χ1n) is 11.2. The minimum absolute atomic E-state index is 0.144. The van der Waals surface area contributed by atoms with Crippen molar-refractivity contribution < 1.29 is 18.7 Å². The number of alkyl carbamates (subject to hydrolysis) is 1. The maximum atomic E-state index is 12.2. The molecule has 1 fully saturated rings. The molecule has 0 saturated carbocycles. The van der Waals surface area contributed by atoms with Gasteiger partial charge in [0.15, 0.2) is 6.10 Å². The standard InChI is InChI=1S/C27H31NO4Si/c1-27(2,3)33(22-11-7-5-8-12-22,23-13-9-6-10-14-23)31-19-24-25(32-26(29)28-24)20-15-17-21(30-4)18-16-20/h5-18,24-25H,19H2,1-4H3,(H,28,29)/t24-,25-/m0/s1. The summed E-state index contributed by atoms with van der Waals surface area (Å²) in [6, 6.07) is 28.3. The van der Waals surface area contributed by atoms with E-state index >= 15 is 0 Å². The average molecular weight is 462 g/mol. The lowest BCUT2D eigenvalue weighted by atomic mass is 10.0. The number of carbonyl (C=O) groups excluding carboxylic acids is 1. The maximum absolute atomic E-state index is 12.2. The highest BCUT2D eigenvalue weighted by molar-refractivity contribution is 6.99. The zero-order valence-electron chi connectivity index (χ0n) is 19.6. The summed E-state index contributed by atoms with van der Waals surface area (Å²) in [6.45, 7) is 7.06. The van der Waals surface area contributed by atoms with Gasteiger partial charge in [-0.1, -0.05) is 93.6 Å². The van der Waals surface area contributed by atoms with E-state index in [4.69, 9.17) is 13.9 Å². The van der Waals surface area contributed by atoms with Gasteiger partial charge in [0.1, 0.15) is 5.75 Å². The number of hydrogen-bond donors (Lipinski definition) is 1. The summed E-state index contributed by atoms with van der Waals surface area (Å²) < 4.78 is 17.9. The molecule has 0 bridgehead atoms. The summed E-state index contributed by atoms with van der Waals surface area (Å²) in [6.07, 6.45) is -0.853. The number of nitrogens with one attached hydrogen (secondary N) is 1. The third kappa shape index (κ3) is 4.54. The van der Waals surface area contributed by atoms with Crippen LogP contribution >= 0.6 is 0 Å². The largest absolute Gasteiger partial charge is 0.497 e.